The van der Waals surface area contributed by atoms with Gasteiger partial charge in [0.15, 0.2) is 0 Å². The van der Waals surface area contributed by atoms with Crippen LogP contribution >= 0.6 is 0 Å². The summed E-state index contributed by atoms with van der Waals surface area (Å²) < 4.78 is 5.20. The van der Waals surface area contributed by atoms with Crippen LogP contribution in [0.5, 0.6) is 5.75 Å². The molecule has 0 spiro atoms. The first kappa shape index (κ1) is 19.9. The van der Waals surface area contributed by atoms with Gasteiger partial charge in [-0.15, -0.1) is 0 Å². The van der Waals surface area contributed by atoms with Gasteiger partial charge in [0, 0.05) is 30.3 Å². The Hall–Kier alpha value is -2.82. The number of anilines is 1. The molecule has 0 bridgehead atoms. The number of methoxy groups -OCH3 is 1. The van der Waals surface area contributed by atoms with Crippen molar-refractivity contribution in [3.05, 3.63) is 59.2 Å². The Kier molecular flexibility index (Phi) is 6.34. The minimum atomic E-state index is -0.0707. The van der Waals surface area contributed by atoms with Gasteiger partial charge in [-0.3, -0.25) is 9.59 Å². The molecule has 0 aromatic heterocycles. The Labute approximate surface area is 166 Å². The van der Waals surface area contributed by atoms with Crippen LogP contribution in [0.3, 0.4) is 0 Å². The highest BCUT2D eigenvalue weighted by Gasteiger charge is 2.28. The molecule has 3 rings (SSSR count). The lowest BCUT2D eigenvalue weighted by molar-refractivity contribution is -0.121. The fraction of sp³-hybridized carbons (Fsp3) is 0.391. The molecule has 0 aliphatic carbocycles. The highest BCUT2D eigenvalue weighted by Crippen LogP contribution is 2.25. The van der Waals surface area contributed by atoms with Crippen LogP contribution in [-0.4, -0.2) is 36.9 Å². The SMILES string of the molecule is CCc1cccc(C)c1NC(=O)C1CCN(C(=O)c2cccc(OC)c2)CC1. The first-order valence-electron chi connectivity index (χ1n) is 9.86. The minimum absolute atomic E-state index is 0.00932. The maximum Gasteiger partial charge on any atom is 0.253 e. The van der Waals surface area contributed by atoms with E-state index in [1.165, 1.54) is 0 Å². The molecule has 1 aliphatic heterocycles. The van der Waals surface area contributed by atoms with Gasteiger partial charge < -0.3 is 15.0 Å². The number of carbonyl (C=O) groups excluding carboxylic acids is 2. The number of para-hydroxylation sites is 1. The fourth-order valence-electron chi connectivity index (χ4n) is 3.71. The van der Waals surface area contributed by atoms with Gasteiger partial charge in [-0.05, 0) is 55.5 Å². The van der Waals surface area contributed by atoms with Crippen LogP contribution in [0.25, 0.3) is 0 Å². The van der Waals surface area contributed by atoms with Gasteiger partial charge in [-0.1, -0.05) is 31.2 Å². The number of piperidine rings is 1. The van der Waals surface area contributed by atoms with E-state index >= 15 is 0 Å². The third kappa shape index (κ3) is 4.35. The van der Waals surface area contributed by atoms with E-state index in [1.54, 1.807) is 19.2 Å². The molecule has 2 amide bonds. The Morgan fingerprint density at radius 2 is 1.86 bits per heavy atom. The van der Waals surface area contributed by atoms with E-state index in [1.807, 2.05) is 36.1 Å². The lowest BCUT2D eigenvalue weighted by Crippen LogP contribution is -2.41. The lowest BCUT2D eigenvalue weighted by Gasteiger charge is -2.31. The Bertz CT molecular complexity index is 855. The van der Waals surface area contributed by atoms with E-state index in [0.717, 1.165) is 23.2 Å². The van der Waals surface area contributed by atoms with Crippen molar-refractivity contribution in [2.75, 3.05) is 25.5 Å². The van der Waals surface area contributed by atoms with Crippen LogP contribution in [0.4, 0.5) is 5.69 Å². The summed E-state index contributed by atoms with van der Waals surface area (Å²) in [5, 5.41) is 3.13. The molecule has 1 saturated heterocycles. The van der Waals surface area contributed by atoms with Gasteiger partial charge >= 0.3 is 0 Å². The third-order valence-electron chi connectivity index (χ3n) is 5.46. The average Bonchev–Trinajstić information content (AvgIpc) is 2.74. The summed E-state index contributed by atoms with van der Waals surface area (Å²) in [5.41, 5.74) is 3.79. The summed E-state index contributed by atoms with van der Waals surface area (Å²) in [6, 6.07) is 13.3. The molecule has 1 aliphatic rings. The van der Waals surface area contributed by atoms with Crippen molar-refractivity contribution in [2.24, 2.45) is 5.92 Å². The second-order valence-corrected chi connectivity index (χ2v) is 7.25. The van der Waals surface area contributed by atoms with Crippen LogP contribution in [0.1, 0.15) is 41.3 Å². The molecule has 5 heteroatoms. The average molecular weight is 380 g/mol. The van der Waals surface area contributed by atoms with E-state index in [-0.39, 0.29) is 17.7 Å². The Morgan fingerprint density at radius 1 is 1.14 bits per heavy atom. The highest BCUT2D eigenvalue weighted by molar-refractivity contribution is 5.96. The largest absolute Gasteiger partial charge is 0.497 e. The number of nitrogens with zero attached hydrogens (tertiary/aromatic N) is 1. The number of rotatable bonds is 5. The number of hydrogen-bond donors (Lipinski definition) is 1. The van der Waals surface area contributed by atoms with Gasteiger partial charge in [0.2, 0.25) is 5.91 Å². The van der Waals surface area contributed by atoms with Crippen LogP contribution in [0.2, 0.25) is 0 Å². The number of nitrogens with one attached hydrogen (secondary N) is 1. The first-order chi connectivity index (χ1) is 13.5. The molecule has 0 atom stereocenters. The molecule has 1 heterocycles. The molecule has 0 saturated carbocycles. The number of aryl methyl sites for hydroxylation is 2. The number of likely N-dealkylation sites (tertiary alicyclic amines) is 1. The first-order valence-corrected chi connectivity index (χ1v) is 9.86. The van der Waals surface area contributed by atoms with Crippen molar-refractivity contribution < 1.29 is 14.3 Å². The van der Waals surface area contributed by atoms with E-state index < -0.39 is 0 Å². The maximum atomic E-state index is 12.8. The second-order valence-electron chi connectivity index (χ2n) is 7.25. The number of benzene rings is 2. The van der Waals surface area contributed by atoms with Gasteiger partial charge in [-0.2, -0.15) is 0 Å². The molecular weight excluding hydrogens is 352 g/mol. The van der Waals surface area contributed by atoms with Crippen LogP contribution < -0.4 is 10.1 Å². The van der Waals surface area contributed by atoms with Crippen molar-refractivity contribution in [1.82, 2.24) is 4.90 Å². The summed E-state index contributed by atoms with van der Waals surface area (Å²) in [4.78, 5) is 27.3. The zero-order valence-corrected chi connectivity index (χ0v) is 16.8. The zero-order valence-electron chi connectivity index (χ0n) is 16.8. The lowest BCUT2D eigenvalue weighted by atomic mass is 9.94. The van der Waals surface area contributed by atoms with Crippen molar-refractivity contribution in [2.45, 2.75) is 33.1 Å². The quantitative estimate of drug-likeness (QED) is 0.851. The van der Waals surface area contributed by atoms with Gasteiger partial charge in [0.25, 0.3) is 5.91 Å². The van der Waals surface area contributed by atoms with Crippen LogP contribution in [0, 0.1) is 12.8 Å². The summed E-state index contributed by atoms with van der Waals surface area (Å²) in [6.45, 7) is 5.28. The molecule has 0 unspecified atom stereocenters. The molecule has 1 N–H and O–H groups in total. The van der Waals surface area contributed by atoms with E-state index in [4.69, 9.17) is 4.74 Å². The number of amides is 2. The van der Waals surface area contributed by atoms with Crippen LogP contribution in [-0.2, 0) is 11.2 Å². The zero-order chi connectivity index (χ0) is 20.1. The Morgan fingerprint density at radius 3 is 2.54 bits per heavy atom. The predicted octanol–water partition coefficient (Wildman–Crippen LogP) is 4.06. The van der Waals surface area contributed by atoms with Gasteiger partial charge in [0.1, 0.15) is 5.75 Å². The summed E-state index contributed by atoms with van der Waals surface area (Å²) in [7, 11) is 1.59. The molecule has 1 fully saturated rings. The fourth-order valence-corrected chi connectivity index (χ4v) is 3.71. The van der Waals surface area contributed by atoms with Gasteiger partial charge in [0.05, 0.1) is 7.11 Å². The summed E-state index contributed by atoms with van der Waals surface area (Å²) in [5.74, 6) is 0.645. The smallest absolute Gasteiger partial charge is 0.253 e. The molecule has 0 radical (unpaired) electrons. The topological polar surface area (TPSA) is 58.6 Å². The normalized spacial score (nSPS) is 14.6. The van der Waals surface area contributed by atoms with Crippen molar-refractivity contribution in [1.29, 1.82) is 0 Å². The standard InChI is InChI=1S/C23H28N2O3/c1-4-17-8-5-7-16(2)21(17)24-22(26)18-11-13-25(14-12-18)23(27)19-9-6-10-20(15-19)28-3/h5-10,15,18H,4,11-14H2,1-3H3,(H,24,26). The monoisotopic (exact) mass is 380 g/mol. The second kappa shape index (κ2) is 8.91. The molecule has 2 aromatic carbocycles. The molecule has 28 heavy (non-hydrogen) atoms. The van der Waals surface area contributed by atoms with Gasteiger partial charge in [-0.25, -0.2) is 0 Å². The highest BCUT2D eigenvalue weighted by atomic mass is 16.5. The molecule has 5 nitrogen and oxygen atoms in total. The summed E-state index contributed by atoms with van der Waals surface area (Å²) >= 11 is 0. The van der Waals surface area contributed by atoms with Crippen molar-refractivity contribution in [3.8, 4) is 5.75 Å². The van der Waals surface area contributed by atoms with E-state index in [2.05, 4.69) is 18.3 Å². The maximum absolute atomic E-state index is 12.8. The predicted molar refractivity (Wildman–Crippen MR) is 111 cm³/mol. The van der Waals surface area contributed by atoms with E-state index in [0.29, 0.717) is 37.2 Å². The Balaban J connectivity index is 1.60. The van der Waals surface area contributed by atoms with Crippen LogP contribution in [0.15, 0.2) is 42.5 Å². The minimum Gasteiger partial charge on any atom is -0.497 e. The van der Waals surface area contributed by atoms with Crippen molar-refractivity contribution >= 4 is 17.5 Å². The molecule has 148 valence electrons. The number of hydrogen-bond acceptors (Lipinski definition) is 3. The number of carbonyl (C=O) groups is 2. The molecular formula is C23H28N2O3. The van der Waals surface area contributed by atoms with E-state index in [9.17, 15) is 9.59 Å². The van der Waals surface area contributed by atoms with Crippen molar-refractivity contribution in [3.63, 3.8) is 0 Å². The third-order valence-corrected chi connectivity index (χ3v) is 5.46. The molecule has 2 aromatic rings. The number of ether oxygens (including phenoxy) is 1. The summed E-state index contributed by atoms with van der Waals surface area (Å²) in [6.07, 6.45) is 2.23.